The smallest absolute Gasteiger partial charge is 0.317 e. The van der Waals surface area contributed by atoms with Crippen LogP contribution in [-0.4, -0.2) is 65.3 Å². The Labute approximate surface area is 118 Å². The van der Waals surface area contributed by atoms with E-state index in [1.807, 2.05) is 18.7 Å². The molecule has 0 radical (unpaired) electrons. The van der Waals surface area contributed by atoms with Gasteiger partial charge < -0.3 is 14.7 Å². The lowest BCUT2D eigenvalue weighted by molar-refractivity contribution is -0.138. The fourth-order valence-corrected chi connectivity index (χ4v) is 2.34. The zero-order valence-electron chi connectivity index (χ0n) is 11.9. The van der Waals surface area contributed by atoms with Crippen LogP contribution in [0.5, 0.6) is 5.88 Å². The molecule has 1 N–H and O–H groups in total. The van der Waals surface area contributed by atoms with Crippen molar-refractivity contribution in [2.45, 2.75) is 13.8 Å². The lowest BCUT2D eigenvalue weighted by Gasteiger charge is -2.35. The molecule has 0 unspecified atom stereocenters. The molecule has 1 aliphatic rings. The lowest BCUT2D eigenvalue weighted by Crippen LogP contribution is -2.48. The molecule has 0 atom stereocenters. The zero-order chi connectivity index (χ0) is 14.5. The van der Waals surface area contributed by atoms with E-state index in [0.29, 0.717) is 12.5 Å². The van der Waals surface area contributed by atoms with Gasteiger partial charge in [-0.05, 0) is 13.8 Å². The number of carboxylic acid groups (broad SMARTS) is 1. The largest absolute Gasteiger partial charge is 0.480 e. The molecule has 7 heteroatoms. The second kappa shape index (κ2) is 6.51. The standard InChI is InChI=1S/C13H20N4O3/c1-3-20-13-10(2)12(14-9-15-13)17-6-4-16(5-7-17)8-11(18)19/h9H,3-8H2,1-2H3,(H,18,19). The minimum Gasteiger partial charge on any atom is -0.480 e. The van der Waals surface area contributed by atoms with E-state index >= 15 is 0 Å². The Hall–Kier alpha value is -1.89. The SMILES string of the molecule is CCOc1ncnc(N2CCN(CC(=O)O)CC2)c1C. The number of hydrogen-bond acceptors (Lipinski definition) is 6. The Morgan fingerprint density at radius 1 is 1.35 bits per heavy atom. The van der Waals surface area contributed by atoms with E-state index in [0.717, 1.165) is 37.6 Å². The number of carboxylic acids is 1. The van der Waals surface area contributed by atoms with Crippen molar-refractivity contribution in [1.29, 1.82) is 0 Å². The summed E-state index contributed by atoms with van der Waals surface area (Å²) in [5.74, 6) is 0.708. The van der Waals surface area contributed by atoms with Gasteiger partial charge in [-0.2, -0.15) is 0 Å². The van der Waals surface area contributed by atoms with Gasteiger partial charge in [0.25, 0.3) is 0 Å². The van der Waals surface area contributed by atoms with Crippen molar-refractivity contribution in [3.63, 3.8) is 0 Å². The molecule has 0 spiro atoms. The van der Waals surface area contributed by atoms with Gasteiger partial charge in [0.1, 0.15) is 12.1 Å². The average molecular weight is 280 g/mol. The van der Waals surface area contributed by atoms with E-state index < -0.39 is 5.97 Å². The minimum absolute atomic E-state index is 0.0980. The highest BCUT2D eigenvalue weighted by Crippen LogP contribution is 2.24. The van der Waals surface area contributed by atoms with Gasteiger partial charge in [0.15, 0.2) is 0 Å². The molecule has 1 aliphatic heterocycles. The molecule has 110 valence electrons. The zero-order valence-corrected chi connectivity index (χ0v) is 11.9. The predicted octanol–water partition coefficient (Wildman–Crippen LogP) is 0.390. The number of rotatable bonds is 5. The van der Waals surface area contributed by atoms with Crippen LogP contribution in [0.4, 0.5) is 5.82 Å². The number of aliphatic carboxylic acids is 1. The van der Waals surface area contributed by atoms with E-state index in [1.54, 1.807) is 0 Å². The number of aromatic nitrogens is 2. The molecular formula is C13H20N4O3. The molecule has 20 heavy (non-hydrogen) atoms. The molecule has 0 aliphatic carbocycles. The highest BCUT2D eigenvalue weighted by Gasteiger charge is 2.22. The molecule has 0 aromatic carbocycles. The highest BCUT2D eigenvalue weighted by atomic mass is 16.5. The van der Waals surface area contributed by atoms with Gasteiger partial charge in [0.05, 0.1) is 18.7 Å². The Balaban J connectivity index is 2.03. The van der Waals surface area contributed by atoms with Crippen LogP contribution in [0.15, 0.2) is 6.33 Å². The number of piperazine rings is 1. The lowest BCUT2D eigenvalue weighted by atomic mass is 10.2. The molecular weight excluding hydrogens is 260 g/mol. The van der Waals surface area contributed by atoms with Crippen LogP contribution < -0.4 is 9.64 Å². The van der Waals surface area contributed by atoms with Crippen LogP contribution >= 0.6 is 0 Å². The van der Waals surface area contributed by atoms with E-state index in [9.17, 15) is 4.79 Å². The van der Waals surface area contributed by atoms with Crippen molar-refractivity contribution in [2.75, 3.05) is 44.2 Å². The van der Waals surface area contributed by atoms with Gasteiger partial charge in [-0.25, -0.2) is 9.97 Å². The van der Waals surface area contributed by atoms with Crippen LogP contribution in [0.3, 0.4) is 0 Å². The number of hydrogen-bond donors (Lipinski definition) is 1. The first kappa shape index (κ1) is 14.5. The van der Waals surface area contributed by atoms with Crippen molar-refractivity contribution in [1.82, 2.24) is 14.9 Å². The molecule has 1 fully saturated rings. The fraction of sp³-hybridized carbons (Fsp3) is 0.615. The molecule has 7 nitrogen and oxygen atoms in total. The second-order valence-corrected chi connectivity index (χ2v) is 4.72. The van der Waals surface area contributed by atoms with Gasteiger partial charge in [0, 0.05) is 26.2 Å². The first-order chi connectivity index (χ1) is 9.61. The number of nitrogens with zero attached hydrogens (tertiary/aromatic N) is 4. The molecule has 2 rings (SSSR count). The summed E-state index contributed by atoms with van der Waals surface area (Å²) in [6.07, 6.45) is 1.51. The summed E-state index contributed by atoms with van der Waals surface area (Å²) in [5.41, 5.74) is 0.932. The maximum absolute atomic E-state index is 10.7. The first-order valence-corrected chi connectivity index (χ1v) is 6.75. The summed E-state index contributed by atoms with van der Waals surface area (Å²) in [6, 6.07) is 0. The van der Waals surface area contributed by atoms with Crippen LogP contribution in [0.2, 0.25) is 0 Å². The third-order valence-electron chi connectivity index (χ3n) is 3.32. The number of anilines is 1. The number of carbonyl (C=O) groups is 1. The van der Waals surface area contributed by atoms with Gasteiger partial charge in [0.2, 0.25) is 5.88 Å². The van der Waals surface area contributed by atoms with Crippen LogP contribution in [0, 0.1) is 6.92 Å². The van der Waals surface area contributed by atoms with Crippen molar-refractivity contribution in [3.05, 3.63) is 11.9 Å². The Bertz CT molecular complexity index is 473. The van der Waals surface area contributed by atoms with Crippen LogP contribution in [0.1, 0.15) is 12.5 Å². The van der Waals surface area contributed by atoms with Gasteiger partial charge >= 0.3 is 5.97 Å². The quantitative estimate of drug-likeness (QED) is 0.835. The second-order valence-electron chi connectivity index (χ2n) is 4.72. The monoisotopic (exact) mass is 280 g/mol. The fourth-order valence-electron chi connectivity index (χ4n) is 2.34. The molecule has 0 amide bonds. The summed E-state index contributed by atoms with van der Waals surface area (Å²) >= 11 is 0. The minimum atomic E-state index is -0.782. The first-order valence-electron chi connectivity index (χ1n) is 6.75. The summed E-state index contributed by atoms with van der Waals surface area (Å²) in [7, 11) is 0. The van der Waals surface area contributed by atoms with E-state index in [1.165, 1.54) is 6.33 Å². The van der Waals surface area contributed by atoms with Crippen molar-refractivity contribution in [3.8, 4) is 5.88 Å². The van der Waals surface area contributed by atoms with Crippen molar-refractivity contribution < 1.29 is 14.6 Å². The third-order valence-corrected chi connectivity index (χ3v) is 3.32. The molecule has 1 aromatic heterocycles. The van der Waals surface area contributed by atoms with Gasteiger partial charge in [-0.15, -0.1) is 0 Å². The Morgan fingerprint density at radius 2 is 2.05 bits per heavy atom. The highest BCUT2D eigenvalue weighted by molar-refractivity contribution is 5.69. The number of ether oxygens (including phenoxy) is 1. The molecule has 2 heterocycles. The van der Waals surface area contributed by atoms with E-state index in [-0.39, 0.29) is 6.54 Å². The van der Waals surface area contributed by atoms with Crippen LogP contribution in [-0.2, 0) is 4.79 Å². The van der Waals surface area contributed by atoms with E-state index in [2.05, 4.69) is 14.9 Å². The molecule has 0 saturated carbocycles. The topological polar surface area (TPSA) is 78.8 Å². The Morgan fingerprint density at radius 3 is 2.65 bits per heavy atom. The predicted molar refractivity (Wildman–Crippen MR) is 74.2 cm³/mol. The average Bonchev–Trinajstić information content (AvgIpc) is 2.42. The molecule has 0 bridgehead atoms. The summed E-state index contributed by atoms with van der Waals surface area (Å²) < 4.78 is 5.48. The van der Waals surface area contributed by atoms with E-state index in [4.69, 9.17) is 9.84 Å². The van der Waals surface area contributed by atoms with Crippen molar-refractivity contribution >= 4 is 11.8 Å². The van der Waals surface area contributed by atoms with Crippen LogP contribution in [0.25, 0.3) is 0 Å². The van der Waals surface area contributed by atoms with Gasteiger partial charge in [-0.3, -0.25) is 9.69 Å². The Kier molecular flexibility index (Phi) is 4.73. The summed E-state index contributed by atoms with van der Waals surface area (Å²) in [5, 5.41) is 8.80. The maximum atomic E-state index is 10.7. The summed E-state index contributed by atoms with van der Waals surface area (Å²) in [4.78, 5) is 23.2. The normalized spacial score (nSPS) is 16.2. The maximum Gasteiger partial charge on any atom is 0.317 e. The third kappa shape index (κ3) is 3.36. The summed E-state index contributed by atoms with van der Waals surface area (Å²) in [6.45, 7) is 7.51. The molecule has 1 saturated heterocycles. The van der Waals surface area contributed by atoms with Crippen molar-refractivity contribution in [2.24, 2.45) is 0 Å². The van der Waals surface area contributed by atoms with Gasteiger partial charge in [-0.1, -0.05) is 0 Å². The molecule has 1 aromatic rings.